The van der Waals surface area contributed by atoms with Gasteiger partial charge in [0.2, 0.25) is 0 Å². The quantitative estimate of drug-likeness (QED) is 0.733. The van der Waals surface area contributed by atoms with E-state index in [0.29, 0.717) is 5.69 Å². The number of nitrogens with one attached hydrogen (secondary N) is 1. The fourth-order valence-corrected chi connectivity index (χ4v) is 1.35. The number of carboxylic acid groups (broad SMARTS) is 1. The van der Waals surface area contributed by atoms with E-state index in [4.69, 9.17) is 9.84 Å². The van der Waals surface area contributed by atoms with Crippen LogP contribution in [0.15, 0.2) is 30.3 Å². The summed E-state index contributed by atoms with van der Waals surface area (Å²) in [4.78, 5) is 22.2. The number of carbonyl (C=O) groups is 2. The van der Waals surface area contributed by atoms with E-state index < -0.39 is 18.0 Å². The second-order valence-corrected chi connectivity index (χ2v) is 3.41. The molecule has 0 saturated carbocycles. The molecule has 2 N–H and O–H groups in total. The van der Waals surface area contributed by atoms with E-state index in [-0.39, 0.29) is 13.0 Å². The molecule has 0 heterocycles. The molecular formula is C12H15NO4. The highest BCUT2D eigenvalue weighted by molar-refractivity contribution is 5.84. The normalized spacial score (nSPS) is 11.6. The van der Waals surface area contributed by atoms with E-state index in [1.54, 1.807) is 31.2 Å². The Balaban J connectivity index is 2.70. The maximum atomic E-state index is 11.5. The van der Waals surface area contributed by atoms with Crippen LogP contribution >= 0.6 is 0 Å². The molecule has 1 atom stereocenters. The molecule has 0 aliphatic heterocycles. The minimum Gasteiger partial charge on any atom is -0.481 e. The lowest BCUT2D eigenvalue weighted by Gasteiger charge is -2.16. The van der Waals surface area contributed by atoms with Gasteiger partial charge in [-0.3, -0.25) is 4.79 Å². The summed E-state index contributed by atoms with van der Waals surface area (Å²) >= 11 is 0. The minimum absolute atomic E-state index is 0.228. The summed E-state index contributed by atoms with van der Waals surface area (Å²) in [5, 5.41) is 11.6. The summed E-state index contributed by atoms with van der Waals surface area (Å²) in [7, 11) is 0. The summed E-state index contributed by atoms with van der Waals surface area (Å²) in [6.07, 6.45) is -0.312. The van der Waals surface area contributed by atoms with Crippen LogP contribution < -0.4 is 5.32 Å². The van der Waals surface area contributed by atoms with Crippen LogP contribution in [0.1, 0.15) is 13.3 Å². The number of anilines is 1. The maximum Gasteiger partial charge on any atom is 0.329 e. The van der Waals surface area contributed by atoms with Crippen molar-refractivity contribution in [3.8, 4) is 0 Å². The fraction of sp³-hybridized carbons (Fsp3) is 0.333. The number of carboxylic acids is 1. The number of hydrogen-bond acceptors (Lipinski definition) is 4. The van der Waals surface area contributed by atoms with E-state index in [0.717, 1.165) is 0 Å². The number of para-hydroxylation sites is 1. The van der Waals surface area contributed by atoms with E-state index in [9.17, 15) is 9.59 Å². The third-order valence-corrected chi connectivity index (χ3v) is 2.06. The van der Waals surface area contributed by atoms with Gasteiger partial charge in [-0.2, -0.15) is 0 Å². The topological polar surface area (TPSA) is 75.6 Å². The van der Waals surface area contributed by atoms with Crippen LogP contribution in [-0.4, -0.2) is 29.7 Å². The number of hydrogen-bond donors (Lipinski definition) is 2. The minimum atomic E-state index is -1.05. The van der Waals surface area contributed by atoms with Crippen molar-refractivity contribution in [3.05, 3.63) is 30.3 Å². The van der Waals surface area contributed by atoms with Gasteiger partial charge in [0.15, 0.2) is 0 Å². The molecule has 0 aliphatic rings. The Morgan fingerprint density at radius 2 is 2.00 bits per heavy atom. The van der Waals surface area contributed by atoms with Gasteiger partial charge in [-0.25, -0.2) is 4.79 Å². The predicted octanol–water partition coefficient (Wildman–Crippen LogP) is 1.50. The van der Waals surface area contributed by atoms with Gasteiger partial charge < -0.3 is 15.2 Å². The monoisotopic (exact) mass is 237 g/mol. The van der Waals surface area contributed by atoms with Gasteiger partial charge in [-0.1, -0.05) is 18.2 Å². The largest absolute Gasteiger partial charge is 0.481 e. The molecule has 0 aromatic heterocycles. The van der Waals surface area contributed by atoms with Crippen molar-refractivity contribution in [2.45, 2.75) is 19.4 Å². The molecule has 0 amide bonds. The SMILES string of the molecule is CCOC(=O)[C@@H](CC(=O)O)Nc1ccccc1. The summed E-state index contributed by atoms with van der Waals surface area (Å²) in [6.45, 7) is 1.91. The zero-order chi connectivity index (χ0) is 12.7. The lowest BCUT2D eigenvalue weighted by Crippen LogP contribution is -2.33. The molecule has 0 radical (unpaired) electrons. The zero-order valence-corrected chi connectivity index (χ0v) is 9.55. The summed E-state index contributed by atoms with van der Waals surface area (Å²) in [5.74, 6) is -1.61. The Bertz CT molecular complexity index is 377. The summed E-state index contributed by atoms with van der Waals surface area (Å²) in [6, 6.07) is 8.08. The average molecular weight is 237 g/mol. The number of aliphatic carboxylic acids is 1. The first-order valence-electron chi connectivity index (χ1n) is 5.33. The first-order valence-corrected chi connectivity index (χ1v) is 5.33. The molecule has 0 saturated heterocycles. The van der Waals surface area contributed by atoms with Crippen molar-refractivity contribution in [1.29, 1.82) is 0 Å². The third-order valence-electron chi connectivity index (χ3n) is 2.06. The average Bonchev–Trinajstić information content (AvgIpc) is 2.29. The first kappa shape index (κ1) is 13.0. The molecule has 5 nitrogen and oxygen atoms in total. The highest BCUT2D eigenvalue weighted by Gasteiger charge is 2.22. The van der Waals surface area contributed by atoms with E-state index in [1.807, 2.05) is 6.07 Å². The number of benzene rings is 1. The molecule has 17 heavy (non-hydrogen) atoms. The molecule has 1 aromatic rings. The van der Waals surface area contributed by atoms with E-state index in [2.05, 4.69) is 5.32 Å². The van der Waals surface area contributed by atoms with Crippen molar-refractivity contribution in [2.24, 2.45) is 0 Å². The molecule has 1 rings (SSSR count). The first-order chi connectivity index (χ1) is 8.13. The molecule has 1 aromatic carbocycles. The second-order valence-electron chi connectivity index (χ2n) is 3.41. The number of esters is 1. The fourth-order valence-electron chi connectivity index (χ4n) is 1.35. The van der Waals surface area contributed by atoms with Gasteiger partial charge in [0, 0.05) is 5.69 Å². The van der Waals surface area contributed by atoms with Gasteiger partial charge in [-0.05, 0) is 19.1 Å². The summed E-state index contributed by atoms with van der Waals surface area (Å²) in [5.41, 5.74) is 0.687. The lowest BCUT2D eigenvalue weighted by atomic mass is 10.2. The van der Waals surface area contributed by atoms with Crippen LogP contribution in [0.2, 0.25) is 0 Å². The third kappa shape index (κ3) is 4.55. The van der Waals surface area contributed by atoms with Crippen LogP contribution in [-0.2, 0) is 14.3 Å². The van der Waals surface area contributed by atoms with Crippen molar-refractivity contribution < 1.29 is 19.4 Å². The maximum absolute atomic E-state index is 11.5. The second kappa shape index (κ2) is 6.52. The molecule has 5 heteroatoms. The van der Waals surface area contributed by atoms with Crippen LogP contribution in [0, 0.1) is 0 Å². The van der Waals surface area contributed by atoms with Gasteiger partial charge >= 0.3 is 11.9 Å². The molecular weight excluding hydrogens is 222 g/mol. The molecule has 0 unspecified atom stereocenters. The molecule has 0 spiro atoms. The Morgan fingerprint density at radius 3 is 2.53 bits per heavy atom. The Labute approximate surface area is 99.4 Å². The molecule has 0 bridgehead atoms. The van der Waals surface area contributed by atoms with Crippen molar-refractivity contribution in [2.75, 3.05) is 11.9 Å². The summed E-state index contributed by atoms with van der Waals surface area (Å²) < 4.78 is 4.81. The van der Waals surface area contributed by atoms with Crippen LogP contribution in [0.3, 0.4) is 0 Å². The molecule has 92 valence electrons. The van der Waals surface area contributed by atoms with Crippen molar-refractivity contribution in [3.63, 3.8) is 0 Å². The van der Waals surface area contributed by atoms with E-state index in [1.165, 1.54) is 0 Å². The van der Waals surface area contributed by atoms with Gasteiger partial charge in [0.25, 0.3) is 0 Å². The van der Waals surface area contributed by atoms with Crippen LogP contribution in [0.5, 0.6) is 0 Å². The standard InChI is InChI=1S/C12H15NO4/c1-2-17-12(16)10(8-11(14)15)13-9-6-4-3-5-7-9/h3-7,10,13H,2,8H2,1H3,(H,14,15)/t10-/m1/s1. The molecule has 0 aliphatic carbocycles. The van der Waals surface area contributed by atoms with E-state index >= 15 is 0 Å². The highest BCUT2D eigenvalue weighted by atomic mass is 16.5. The zero-order valence-electron chi connectivity index (χ0n) is 9.55. The van der Waals surface area contributed by atoms with Crippen LogP contribution in [0.4, 0.5) is 5.69 Å². The highest BCUT2D eigenvalue weighted by Crippen LogP contribution is 2.10. The van der Waals surface area contributed by atoms with Crippen molar-refractivity contribution >= 4 is 17.6 Å². The Kier molecular flexibility index (Phi) is 5.00. The van der Waals surface area contributed by atoms with Crippen molar-refractivity contribution in [1.82, 2.24) is 0 Å². The van der Waals surface area contributed by atoms with Gasteiger partial charge in [0.05, 0.1) is 13.0 Å². The Morgan fingerprint density at radius 1 is 1.35 bits per heavy atom. The number of ether oxygens (including phenoxy) is 1. The van der Waals surface area contributed by atoms with Gasteiger partial charge in [-0.15, -0.1) is 0 Å². The smallest absolute Gasteiger partial charge is 0.329 e. The number of carbonyl (C=O) groups excluding carboxylic acids is 1. The predicted molar refractivity (Wildman–Crippen MR) is 62.7 cm³/mol. The van der Waals surface area contributed by atoms with Gasteiger partial charge in [0.1, 0.15) is 6.04 Å². The lowest BCUT2D eigenvalue weighted by molar-refractivity contribution is -0.148. The molecule has 0 fully saturated rings. The van der Waals surface area contributed by atoms with Crippen LogP contribution in [0.25, 0.3) is 0 Å². The number of rotatable bonds is 6. The Hall–Kier alpha value is -2.04.